The molecular formula is C17H19FN2O3. The van der Waals surface area contributed by atoms with Gasteiger partial charge in [0.15, 0.2) is 0 Å². The van der Waals surface area contributed by atoms with E-state index in [9.17, 15) is 14.0 Å². The van der Waals surface area contributed by atoms with Crippen molar-refractivity contribution in [3.8, 4) is 0 Å². The van der Waals surface area contributed by atoms with Crippen molar-refractivity contribution in [2.24, 2.45) is 0 Å². The molecule has 1 atom stereocenters. The highest BCUT2D eigenvalue weighted by Crippen LogP contribution is 2.37. The van der Waals surface area contributed by atoms with Crippen LogP contribution in [0.25, 0.3) is 0 Å². The Morgan fingerprint density at radius 2 is 2.00 bits per heavy atom. The molecule has 1 unspecified atom stereocenters. The number of benzene rings is 1. The standard InChI is InChI=1S/C17H19FN2O3/c1-3-23-16(21)14-10(2)20(13-8-9-13)17(22)19-15(14)11-4-6-12(18)7-5-11/h4-7,13,15H,3,8-9H2,1-2H3,(H,19,22). The minimum atomic E-state index is -0.628. The quantitative estimate of drug-likeness (QED) is 0.869. The summed E-state index contributed by atoms with van der Waals surface area (Å²) in [5.74, 6) is -0.821. The monoisotopic (exact) mass is 318 g/mol. The predicted molar refractivity (Wildman–Crippen MR) is 81.9 cm³/mol. The maximum atomic E-state index is 13.2. The SMILES string of the molecule is CCOC(=O)C1=C(C)N(C2CC2)C(=O)NC1c1ccc(F)cc1. The normalized spacial score (nSPS) is 21.3. The molecule has 5 nitrogen and oxygen atoms in total. The summed E-state index contributed by atoms with van der Waals surface area (Å²) in [6.45, 7) is 3.75. The highest BCUT2D eigenvalue weighted by Gasteiger charge is 2.42. The van der Waals surface area contributed by atoms with Crippen molar-refractivity contribution in [1.29, 1.82) is 0 Å². The van der Waals surface area contributed by atoms with Gasteiger partial charge in [0.05, 0.1) is 18.2 Å². The van der Waals surface area contributed by atoms with E-state index in [0.717, 1.165) is 12.8 Å². The van der Waals surface area contributed by atoms with Crippen molar-refractivity contribution in [1.82, 2.24) is 10.2 Å². The molecule has 1 N–H and O–H groups in total. The molecule has 0 saturated heterocycles. The number of rotatable bonds is 4. The summed E-state index contributed by atoms with van der Waals surface area (Å²) < 4.78 is 18.3. The van der Waals surface area contributed by atoms with E-state index < -0.39 is 12.0 Å². The third-order valence-corrected chi connectivity index (χ3v) is 4.14. The largest absolute Gasteiger partial charge is 0.463 e. The zero-order valence-electron chi connectivity index (χ0n) is 13.1. The molecule has 6 heteroatoms. The first kappa shape index (κ1) is 15.5. The van der Waals surface area contributed by atoms with Crippen LogP contribution in [0.5, 0.6) is 0 Å². The molecule has 0 radical (unpaired) electrons. The Hall–Kier alpha value is -2.37. The number of amides is 2. The fraction of sp³-hybridized carbons (Fsp3) is 0.412. The Balaban J connectivity index is 2.04. The summed E-state index contributed by atoms with van der Waals surface area (Å²) in [5, 5.41) is 2.85. The molecule has 0 bridgehead atoms. The molecule has 3 rings (SSSR count). The first-order valence-electron chi connectivity index (χ1n) is 7.76. The summed E-state index contributed by atoms with van der Waals surface area (Å²) in [5.41, 5.74) is 1.67. The van der Waals surface area contributed by atoms with Gasteiger partial charge in [0, 0.05) is 11.7 Å². The molecule has 2 amide bonds. The molecule has 2 aliphatic rings. The number of nitrogens with one attached hydrogen (secondary N) is 1. The van der Waals surface area contributed by atoms with E-state index in [1.54, 1.807) is 30.9 Å². The number of hydrogen-bond donors (Lipinski definition) is 1. The van der Waals surface area contributed by atoms with Crippen LogP contribution in [0.1, 0.15) is 38.3 Å². The average molecular weight is 318 g/mol. The van der Waals surface area contributed by atoms with Gasteiger partial charge in [-0.15, -0.1) is 0 Å². The third kappa shape index (κ3) is 2.93. The van der Waals surface area contributed by atoms with Gasteiger partial charge in [-0.1, -0.05) is 12.1 Å². The number of nitrogens with zero attached hydrogens (tertiary/aromatic N) is 1. The fourth-order valence-electron chi connectivity index (χ4n) is 2.91. The number of allylic oxidation sites excluding steroid dienone is 1. The third-order valence-electron chi connectivity index (χ3n) is 4.14. The molecule has 1 aromatic rings. The summed E-state index contributed by atoms with van der Waals surface area (Å²) in [6.07, 6.45) is 1.87. The number of esters is 1. The maximum Gasteiger partial charge on any atom is 0.338 e. The van der Waals surface area contributed by atoms with E-state index in [1.807, 2.05) is 0 Å². The highest BCUT2D eigenvalue weighted by atomic mass is 19.1. The van der Waals surface area contributed by atoms with E-state index in [0.29, 0.717) is 16.8 Å². The second kappa shape index (κ2) is 6.02. The Morgan fingerprint density at radius 1 is 1.35 bits per heavy atom. The molecule has 1 fully saturated rings. The number of halogens is 1. The molecule has 1 aliphatic heterocycles. The second-order valence-corrected chi connectivity index (χ2v) is 5.75. The second-order valence-electron chi connectivity index (χ2n) is 5.75. The van der Waals surface area contributed by atoms with Gasteiger partial charge in [0.2, 0.25) is 0 Å². The van der Waals surface area contributed by atoms with Crippen molar-refractivity contribution in [3.05, 3.63) is 46.9 Å². The van der Waals surface area contributed by atoms with Crippen LogP contribution in [0, 0.1) is 5.82 Å². The first-order valence-corrected chi connectivity index (χ1v) is 7.76. The highest BCUT2D eigenvalue weighted by molar-refractivity contribution is 5.95. The van der Waals surface area contributed by atoms with E-state index >= 15 is 0 Å². The van der Waals surface area contributed by atoms with E-state index in [-0.39, 0.29) is 24.5 Å². The summed E-state index contributed by atoms with van der Waals surface area (Å²) in [7, 11) is 0. The zero-order valence-corrected chi connectivity index (χ0v) is 13.1. The van der Waals surface area contributed by atoms with Crippen LogP contribution in [-0.4, -0.2) is 29.5 Å². The van der Waals surface area contributed by atoms with Gasteiger partial charge in [-0.05, 0) is 44.4 Å². The predicted octanol–water partition coefficient (Wildman–Crippen LogP) is 2.89. The van der Waals surface area contributed by atoms with Gasteiger partial charge in [-0.2, -0.15) is 0 Å². The van der Waals surface area contributed by atoms with Crippen molar-refractivity contribution >= 4 is 12.0 Å². The van der Waals surface area contributed by atoms with Gasteiger partial charge in [0.25, 0.3) is 0 Å². The van der Waals surface area contributed by atoms with Gasteiger partial charge < -0.3 is 10.1 Å². The first-order chi connectivity index (χ1) is 11.0. The lowest BCUT2D eigenvalue weighted by molar-refractivity contribution is -0.139. The van der Waals surface area contributed by atoms with Crippen molar-refractivity contribution in [2.75, 3.05) is 6.61 Å². The Labute approximate surface area is 134 Å². The van der Waals surface area contributed by atoms with Crippen molar-refractivity contribution in [2.45, 2.75) is 38.8 Å². The fourth-order valence-corrected chi connectivity index (χ4v) is 2.91. The molecule has 0 aromatic heterocycles. The smallest absolute Gasteiger partial charge is 0.338 e. The van der Waals surface area contributed by atoms with Crippen LogP contribution < -0.4 is 5.32 Å². The number of ether oxygens (including phenoxy) is 1. The number of carbonyl (C=O) groups is 2. The Morgan fingerprint density at radius 3 is 2.57 bits per heavy atom. The molecule has 1 aliphatic carbocycles. The van der Waals surface area contributed by atoms with Crippen LogP contribution in [-0.2, 0) is 9.53 Å². The Bertz CT molecular complexity index is 665. The van der Waals surface area contributed by atoms with Crippen LogP contribution >= 0.6 is 0 Å². The minimum absolute atomic E-state index is 0.147. The van der Waals surface area contributed by atoms with Gasteiger partial charge in [0.1, 0.15) is 5.82 Å². The zero-order chi connectivity index (χ0) is 16.6. The molecule has 0 spiro atoms. The van der Waals surface area contributed by atoms with E-state index in [1.165, 1.54) is 12.1 Å². The maximum absolute atomic E-state index is 13.2. The number of carbonyl (C=O) groups excluding carboxylic acids is 2. The lowest BCUT2D eigenvalue weighted by atomic mass is 9.95. The van der Waals surface area contributed by atoms with Gasteiger partial charge in [-0.3, -0.25) is 4.90 Å². The molecule has 122 valence electrons. The summed E-state index contributed by atoms with van der Waals surface area (Å²) >= 11 is 0. The van der Waals surface area contributed by atoms with Gasteiger partial charge >= 0.3 is 12.0 Å². The molecule has 23 heavy (non-hydrogen) atoms. The van der Waals surface area contributed by atoms with Crippen molar-refractivity contribution in [3.63, 3.8) is 0 Å². The van der Waals surface area contributed by atoms with Crippen LogP contribution in [0.3, 0.4) is 0 Å². The van der Waals surface area contributed by atoms with Crippen LogP contribution in [0.15, 0.2) is 35.5 Å². The molecule has 1 saturated carbocycles. The average Bonchev–Trinajstić information content (AvgIpc) is 3.32. The summed E-state index contributed by atoms with van der Waals surface area (Å²) in [4.78, 5) is 26.5. The van der Waals surface area contributed by atoms with Crippen LogP contribution in [0.2, 0.25) is 0 Å². The number of urea groups is 1. The lowest BCUT2D eigenvalue weighted by Crippen LogP contribution is -2.48. The van der Waals surface area contributed by atoms with E-state index in [2.05, 4.69) is 5.32 Å². The Kier molecular flexibility index (Phi) is 4.07. The summed E-state index contributed by atoms with van der Waals surface area (Å²) in [6, 6.07) is 5.05. The van der Waals surface area contributed by atoms with Crippen molar-refractivity contribution < 1.29 is 18.7 Å². The minimum Gasteiger partial charge on any atom is -0.463 e. The number of hydrogen-bond acceptors (Lipinski definition) is 3. The molecule has 1 aromatic carbocycles. The molecule has 1 heterocycles. The lowest BCUT2D eigenvalue weighted by Gasteiger charge is -2.35. The van der Waals surface area contributed by atoms with E-state index in [4.69, 9.17) is 4.74 Å². The van der Waals surface area contributed by atoms with Crippen LogP contribution in [0.4, 0.5) is 9.18 Å². The van der Waals surface area contributed by atoms with Gasteiger partial charge in [-0.25, -0.2) is 14.0 Å². The topological polar surface area (TPSA) is 58.6 Å². The molecular weight excluding hydrogens is 299 g/mol.